The molecule has 0 bridgehead atoms. The van der Waals surface area contributed by atoms with E-state index in [9.17, 15) is 4.79 Å². The van der Waals surface area contributed by atoms with E-state index in [1.165, 1.54) is 6.92 Å². The lowest BCUT2D eigenvalue weighted by Crippen LogP contribution is -2.09. The third-order valence-corrected chi connectivity index (χ3v) is 2.91. The number of esters is 1. The maximum atomic E-state index is 10.9. The van der Waals surface area contributed by atoms with Crippen molar-refractivity contribution in [1.29, 1.82) is 0 Å². The Kier molecular flexibility index (Phi) is 4.27. The van der Waals surface area contributed by atoms with Gasteiger partial charge in [-0.25, -0.2) is 0 Å². The molecule has 4 heteroatoms. The summed E-state index contributed by atoms with van der Waals surface area (Å²) in [4.78, 5) is 15.1. The summed E-state index contributed by atoms with van der Waals surface area (Å²) in [5.41, 5.74) is 1.89. The van der Waals surface area contributed by atoms with Crippen molar-refractivity contribution in [3.05, 3.63) is 28.0 Å². The van der Waals surface area contributed by atoms with E-state index < -0.39 is 0 Å². The largest absolute Gasteiger partial charge is 0.456 e. The first-order valence-corrected chi connectivity index (χ1v) is 5.63. The summed E-state index contributed by atoms with van der Waals surface area (Å²) in [7, 11) is 0. The van der Waals surface area contributed by atoms with Gasteiger partial charge in [0.25, 0.3) is 0 Å². The minimum Gasteiger partial charge on any atom is -0.456 e. The highest BCUT2D eigenvalue weighted by Crippen LogP contribution is 2.23. The molecule has 0 saturated heterocycles. The van der Waals surface area contributed by atoms with Crippen LogP contribution in [0.15, 0.2) is 16.7 Å². The molecule has 1 rings (SSSR count). The second kappa shape index (κ2) is 5.26. The first-order valence-electron chi connectivity index (χ1n) is 4.83. The van der Waals surface area contributed by atoms with Crippen molar-refractivity contribution in [2.75, 3.05) is 0 Å². The fraction of sp³-hybridized carbons (Fsp3) is 0.455. The third kappa shape index (κ3) is 3.30. The number of hydrogen-bond donors (Lipinski definition) is 0. The van der Waals surface area contributed by atoms with E-state index in [0.717, 1.165) is 22.2 Å². The summed E-state index contributed by atoms with van der Waals surface area (Å²) < 4.78 is 6.13. The number of pyridine rings is 1. The SMILES string of the molecule is CC[C@@H](OC(C)=O)c1cc(C)c(Br)cn1. The average molecular weight is 272 g/mol. The summed E-state index contributed by atoms with van der Waals surface area (Å²) in [5.74, 6) is -0.274. The highest BCUT2D eigenvalue weighted by molar-refractivity contribution is 9.10. The Morgan fingerprint density at radius 3 is 2.80 bits per heavy atom. The van der Waals surface area contributed by atoms with E-state index >= 15 is 0 Å². The van der Waals surface area contributed by atoms with Gasteiger partial charge in [0.15, 0.2) is 0 Å². The van der Waals surface area contributed by atoms with Gasteiger partial charge in [0.05, 0.1) is 5.69 Å². The van der Waals surface area contributed by atoms with E-state index in [2.05, 4.69) is 20.9 Å². The normalized spacial score (nSPS) is 12.3. The van der Waals surface area contributed by atoms with Crippen molar-refractivity contribution in [1.82, 2.24) is 4.98 Å². The molecule has 0 fully saturated rings. The molecule has 0 aromatic carbocycles. The molecule has 3 nitrogen and oxygen atoms in total. The molecule has 0 aliphatic carbocycles. The lowest BCUT2D eigenvalue weighted by Gasteiger charge is -2.15. The van der Waals surface area contributed by atoms with Gasteiger partial charge < -0.3 is 4.74 Å². The summed E-state index contributed by atoms with van der Waals surface area (Å²) in [6.45, 7) is 5.36. The van der Waals surface area contributed by atoms with E-state index in [1.54, 1.807) is 6.20 Å². The molecule has 0 aliphatic heterocycles. The first kappa shape index (κ1) is 12.2. The van der Waals surface area contributed by atoms with Crippen LogP contribution < -0.4 is 0 Å². The van der Waals surface area contributed by atoms with Crippen LogP contribution in [-0.2, 0) is 9.53 Å². The summed E-state index contributed by atoms with van der Waals surface area (Å²) in [6.07, 6.45) is 2.22. The Hall–Kier alpha value is -0.900. The molecule has 0 aliphatic rings. The van der Waals surface area contributed by atoms with Crippen molar-refractivity contribution in [2.45, 2.75) is 33.3 Å². The zero-order valence-corrected chi connectivity index (χ0v) is 10.7. The molecule has 1 aromatic heterocycles. The Morgan fingerprint density at radius 2 is 2.33 bits per heavy atom. The zero-order valence-electron chi connectivity index (χ0n) is 9.08. The molecule has 82 valence electrons. The highest BCUT2D eigenvalue weighted by Gasteiger charge is 2.14. The van der Waals surface area contributed by atoms with Crippen LogP contribution in [0.4, 0.5) is 0 Å². The van der Waals surface area contributed by atoms with Crippen LogP contribution in [0.25, 0.3) is 0 Å². The molecule has 1 aromatic rings. The predicted molar refractivity (Wildman–Crippen MR) is 61.5 cm³/mol. The van der Waals surface area contributed by atoms with Crippen LogP contribution >= 0.6 is 15.9 Å². The molecule has 15 heavy (non-hydrogen) atoms. The Balaban J connectivity index is 2.92. The predicted octanol–water partition coefficient (Wildman–Crippen LogP) is 3.17. The molecular formula is C11H14BrNO2. The molecule has 0 amide bonds. The van der Waals surface area contributed by atoms with Crippen molar-refractivity contribution in [2.24, 2.45) is 0 Å². The van der Waals surface area contributed by atoms with Crippen molar-refractivity contribution >= 4 is 21.9 Å². The second-order valence-electron chi connectivity index (χ2n) is 3.36. The van der Waals surface area contributed by atoms with Gasteiger partial charge in [0.1, 0.15) is 6.10 Å². The maximum absolute atomic E-state index is 10.9. The highest BCUT2D eigenvalue weighted by atomic mass is 79.9. The molecule has 1 heterocycles. The minimum atomic E-state index is -0.274. The average Bonchev–Trinajstić information content (AvgIpc) is 2.18. The molecular weight excluding hydrogens is 258 g/mol. The van der Waals surface area contributed by atoms with Gasteiger partial charge in [-0.05, 0) is 40.9 Å². The number of hydrogen-bond acceptors (Lipinski definition) is 3. The molecule has 0 spiro atoms. The Labute approximate surface area is 98.0 Å². The number of ether oxygens (including phenoxy) is 1. The van der Waals surface area contributed by atoms with E-state index in [1.807, 2.05) is 19.9 Å². The number of aromatic nitrogens is 1. The smallest absolute Gasteiger partial charge is 0.303 e. The lowest BCUT2D eigenvalue weighted by atomic mass is 10.1. The molecule has 0 radical (unpaired) electrons. The fourth-order valence-corrected chi connectivity index (χ4v) is 1.51. The number of aryl methyl sites for hydroxylation is 1. The van der Waals surface area contributed by atoms with E-state index in [4.69, 9.17) is 4.74 Å². The van der Waals surface area contributed by atoms with Crippen molar-refractivity contribution in [3.8, 4) is 0 Å². The van der Waals surface area contributed by atoms with Crippen LogP contribution in [0.1, 0.15) is 37.6 Å². The fourth-order valence-electron chi connectivity index (χ4n) is 1.29. The van der Waals surface area contributed by atoms with Gasteiger partial charge in [0, 0.05) is 17.6 Å². The number of nitrogens with zero attached hydrogens (tertiary/aromatic N) is 1. The zero-order chi connectivity index (χ0) is 11.4. The van der Waals surface area contributed by atoms with E-state index in [0.29, 0.717) is 0 Å². The monoisotopic (exact) mass is 271 g/mol. The van der Waals surface area contributed by atoms with Crippen LogP contribution in [-0.4, -0.2) is 11.0 Å². The van der Waals surface area contributed by atoms with Gasteiger partial charge >= 0.3 is 5.97 Å². The summed E-state index contributed by atoms with van der Waals surface area (Å²) in [6, 6.07) is 1.93. The molecule has 0 unspecified atom stereocenters. The standard InChI is InChI=1S/C11H14BrNO2/c1-4-11(15-8(3)14)10-5-7(2)9(12)6-13-10/h5-6,11H,4H2,1-3H3/t11-/m1/s1. The number of carbonyl (C=O) groups is 1. The second-order valence-corrected chi connectivity index (χ2v) is 4.22. The van der Waals surface area contributed by atoms with Crippen molar-refractivity contribution in [3.63, 3.8) is 0 Å². The molecule has 0 saturated carbocycles. The van der Waals surface area contributed by atoms with Gasteiger partial charge in [-0.1, -0.05) is 6.92 Å². The number of carbonyl (C=O) groups excluding carboxylic acids is 1. The number of halogens is 1. The summed E-state index contributed by atoms with van der Waals surface area (Å²) in [5, 5.41) is 0. The van der Waals surface area contributed by atoms with Gasteiger partial charge in [0.2, 0.25) is 0 Å². The maximum Gasteiger partial charge on any atom is 0.303 e. The summed E-state index contributed by atoms with van der Waals surface area (Å²) >= 11 is 3.38. The third-order valence-electron chi connectivity index (χ3n) is 2.08. The van der Waals surface area contributed by atoms with Gasteiger partial charge in [-0.2, -0.15) is 0 Å². The Bertz CT molecular complexity index is 366. The minimum absolute atomic E-state index is 0.241. The van der Waals surface area contributed by atoms with Gasteiger partial charge in [-0.15, -0.1) is 0 Å². The quantitative estimate of drug-likeness (QED) is 0.793. The first-order chi connectivity index (χ1) is 7.04. The van der Waals surface area contributed by atoms with Gasteiger partial charge in [-0.3, -0.25) is 9.78 Å². The van der Waals surface area contributed by atoms with Crippen LogP contribution in [0.3, 0.4) is 0 Å². The van der Waals surface area contributed by atoms with Crippen LogP contribution in [0.2, 0.25) is 0 Å². The lowest BCUT2D eigenvalue weighted by molar-refractivity contribution is -0.147. The molecule has 1 atom stereocenters. The molecule has 0 N–H and O–H groups in total. The topological polar surface area (TPSA) is 39.2 Å². The van der Waals surface area contributed by atoms with Crippen molar-refractivity contribution < 1.29 is 9.53 Å². The Morgan fingerprint density at radius 1 is 1.67 bits per heavy atom. The van der Waals surface area contributed by atoms with Crippen LogP contribution in [0, 0.1) is 6.92 Å². The van der Waals surface area contributed by atoms with E-state index in [-0.39, 0.29) is 12.1 Å². The van der Waals surface area contributed by atoms with Crippen LogP contribution in [0.5, 0.6) is 0 Å². The number of rotatable bonds is 3.